The number of hydrogen-bond acceptors (Lipinski definition) is 5. The molecule has 2 heterocycles. The Labute approximate surface area is 152 Å². The van der Waals surface area contributed by atoms with Gasteiger partial charge in [-0.05, 0) is 24.3 Å². The lowest BCUT2D eigenvalue weighted by Crippen LogP contribution is -2.38. The molecule has 0 N–H and O–H groups in total. The Kier molecular flexibility index (Phi) is 4.61. The first-order valence-electron chi connectivity index (χ1n) is 8.04. The number of carbonyl (C=O) groups is 1. The van der Waals surface area contributed by atoms with Crippen LogP contribution < -0.4 is 9.64 Å². The minimum atomic E-state index is -3.07. The molecule has 0 radical (unpaired) electrons. The van der Waals surface area contributed by atoms with E-state index >= 15 is 0 Å². The van der Waals surface area contributed by atoms with E-state index in [0.717, 1.165) is 11.4 Å². The van der Waals surface area contributed by atoms with Crippen LogP contribution in [-0.4, -0.2) is 49.4 Å². The number of methoxy groups -OCH3 is 1. The van der Waals surface area contributed by atoms with Crippen LogP contribution in [0.2, 0.25) is 0 Å². The van der Waals surface area contributed by atoms with Crippen LogP contribution in [0.1, 0.15) is 20.8 Å². The van der Waals surface area contributed by atoms with Crippen LogP contribution in [0.15, 0.2) is 29.3 Å². The predicted octanol–water partition coefficient (Wildman–Crippen LogP) is 2.34. The number of carbonyl (C=O) groups excluding carboxylic acids is 1. The average Bonchev–Trinajstić information content (AvgIpc) is 2.97. The molecule has 2 fully saturated rings. The lowest BCUT2D eigenvalue weighted by molar-refractivity contribution is -0.124. The third-order valence-electron chi connectivity index (χ3n) is 4.26. The molecule has 3 rings (SSSR count). The highest BCUT2D eigenvalue weighted by Gasteiger charge is 2.49. The first kappa shape index (κ1) is 18.3. The van der Waals surface area contributed by atoms with E-state index in [9.17, 15) is 13.2 Å². The molecule has 0 aliphatic carbocycles. The largest absolute Gasteiger partial charge is 0.497 e. The van der Waals surface area contributed by atoms with Crippen molar-refractivity contribution in [2.45, 2.75) is 32.1 Å². The smallest absolute Gasteiger partial charge is 0.253 e. The van der Waals surface area contributed by atoms with Crippen LogP contribution in [0.25, 0.3) is 0 Å². The molecule has 0 aromatic heterocycles. The van der Waals surface area contributed by atoms with Gasteiger partial charge in [-0.3, -0.25) is 4.79 Å². The molecule has 6 nitrogen and oxygen atoms in total. The molecule has 1 aromatic carbocycles. The number of ether oxygens (including phenoxy) is 1. The molecule has 0 unspecified atom stereocenters. The van der Waals surface area contributed by atoms with Crippen molar-refractivity contribution in [2.24, 2.45) is 10.4 Å². The highest BCUT2D eigenvalue weighted by atomic mass is 32.2. The van der Waals surface area contributed by atoms with Gasteiger partial charge >= 0.3 is 0 Å². The summed E-state index contributed by atoms with van der Waals surface area (Å²) in [6, 6.07) is 7.17. The fourth-order valence-corrected chi connectivity index (χ4v) is 6.78. The highest BCUT2D eigenvalue weighted by molar-refractivity contribution is 8.16. The number of aliphatic imine (C=N–C) groups is 1. The number of amides is 1. The Morgan fingerprint density at radius 2 is 1.88 bits per heavy atom. The maximum Gasteiger partial charge on any atom is 0.253 e. The quantitative estimate of drug-likeness (QED) is 0.781. The van der Waals surface area contributed by atoms with Crippen molar-refractivity contribution in [1.82, 2.24) is 0 Å². The number of fused-ring (bicyclic) bond motifs is 1. The zero-order valence-electron chi connectivity index (χ0n) is 14.7. The number of anilines is 1. The third-order valence-corrected chi connectivity index (χ3v) is 7.47. The van der Waals surface area contributed by atoms with E-state index in [2.05, 4.69) is 4.99 Å². The molecule has 0 bridgehead atoms. The molecular formula is C17H22N2O4S2. The molecule has 136 valence electrons. The minimum absolute atomic E-state index is 0.0828. The molecular weight excluding hydrogens is 360 g/mol. The molecule has 2 aliphatic rings. The van der Waals surface area contributed by atoms with E-state index in [0.29, 0.717) is 5.17 Å². The van der Waals surface area contributed by atoms with Gasteiger partial charge in [0, 0.05) is 16.4 Å². The van der Waals surface area contributed by atoms with Crippen molar-refractivity contribution in [2.75, 3.05) is 23.5 Å². The van der Waals surface area contributed by atoms with E-state index in [1.165, 1.54) is 11.8 Å². The van der Waals surface area contributed by atoms with E-state index < -0.39 is 15.3 Å². The summed E-state index contributed by atoms with van der Waals surface area (Å²) in [4.78, 5) is 18.6. The average molecular weight is 383 g/mol. The van der Waals surface area contributed by atoms with E-state index in [1.807, 2.05) is 49.9 Å². The maximum absolute atomic E-state index is 12.4. The van der Waals surface area contributed by atoms with Gasteiger partial charge in [-0.2, -0.15) is 4.99 Å². The van der Waals surface area contributed by atoms with Crippen molar-refractivity contribution >= 4 is 38.4 Å². The van der Waals surface area contributed by atoms with Crippen LogP contribution in [-0.2, 0) is 14.6 Å². The first-order chi connectivity index (χ1) is 11.6. The summed E-state index contributed by atoms with van der Waals surface area (Å²) in [5.74, 6) is 0.712. The Morgan fingerprint density at radius 1 is 1.24 bits per heavy atom. The van der Waals surface area contributed by atoms with Crippen molar-refractivity contribution in [1.29, 1.82) is 0 Å². The summed E-state index contributed by atoms with van der Waals surface area (Å²) in [5.41, 5.74) is 0.237. The summed E-state index contributed by atoms with van der Waals surface area (Å²) < 4.78 is 29.3. The van der Waals surface area contributed by atoms with Gasteiger partial charge in [0.05, 0.1) is 24.7 Å². The second-order valence-corrected chi connectivity index (χ2v) is 10.7. The number of rotatable bonds is 2. The number of amidine groups is 1. The van der Waals surface area contributed by atoms with Crippen molar-refractivity contribution < 1.29 is 17.9 Å². The van der Waals surface area contributed by atoms with Crippen molar-refractivity contribution in [3.8, 4) is 5.75 Å². The lowest BCUT2D eigenvalue weighted by Gasteiger charge is -2.25. The maximum atomic E-state index is 12.4. The van der Waals surface area contributed by atoms with Gasteiger partial charge in [-0.1, -0.05) is 32.5 Å². The standard InChI is InChI=1S/C17H22N2O4S2/c1-17(2,3)15(20)18-16-19(11-5-7-12(23-4)8-6-11)13-9-25(21,22)10-14(13)24-16/h5-8,13-14H,9-10H2,1-4H3/t13-,14+/m0/s1. The number of thioether (sulfide) groups is 1. The molecule has 0 saturated carbocycles. The van der Waals surface area contributed by atoms with E-state index in [4.69, 9.17) is 4.74 Å². The molecule has 8 heteroatoms. The number of sulfone groups is 1. The second-order valence-electron chi connectivity index (χ2n) is 7.32. The van der Waals surface area contributed by atoms with Gasteiger partial charge in [0.1, 0.15) is 5.75 Å². The van der Waals surface area contributed by atoms with Crippen LogP contribution in [0.5, 0.6) is 5.75 Å². The fraction of sp³-hybridized carbons (Fsp3) is 0.529. The summed E-state index contributed by atoms with van der Waals surface area (Å²) in [6.07, 6.45) is 0. The fourth-order valence-electron chi connectivity index (χ4n) is 2.86. The molecule has 1 amide bonds. The molecule has 2 aliphatic heterocycles. The predicted molar refractivity (Wildman–Crippen MR) is 101 cm³/mol. The van der Waals surface area contributed by atoms with Crippen LogP contribution in [0.3, 0.4) is 0 Å². The number of hydrogen-bond donors (Lipinski definition) is 0. The zero-order chi connectivity index (χ0) is 18.4. The Hall–Kier alpha value is -1.54. The van der Waals surface area contributed by atoms with Crippen molar-refractivity contribution in [3.05, 3.63) is 24.3 Å². The Balaban J connectivity index is 2.00. The molecule has 25 heavy (non-hydrogen) atoms. The Morgan fingerprint density at radius 3 is 2.44 bits per heavy atom. The lowest BCUT2D eigenvalue weighted by atomic mass is 9.96. The third kappa shape index (κ3) is 3.69. The Bertz CT molecular complexity index is 810. The van der Waals surface area contributed by atoms with Crippen LogP contribution in [0, 0.1) is 5.41 Å². The normalized spacial score (nSPS) is 26.7. The molecule has 1 aromatic rings. The topological polar surface area (TPSA) is 76.0 Å². The second kappa shape index (κ2) is 6.32. The molecule has 2 atom stereocenters. The summed E-state index contributed by atoms with van der Waals surface area (Å²) >= 11 is 1.39. The minimum Gasteiger partial charge on any atom is -0.497 e. The van der Waals surface area contributed by atoms with Crippen LogP contribution in [0.4, 0.5) is 5.69 Å². The van der Waals surface area contributed by atoms with E-state index in [-0.39, 0.29) is 28.7 Å². The van der Waals surface area contributed by atoms with E-state index in [1.54, 1.807) is 7.11 Å². The number of nitrogens with zero attached hydrogens (tertiary/aromatic N) is 2. The summed E-state index contributed by atoms with van der Waals surface area (Å²) in [7, 11) is -1.47. The molecule has 0 spiro atoms. The van der Waals surface area contributed by atoms with Gasteiger partial charge in [-0.15, -0.1) is 0 Å². The highest BCUT2D eigenvalue weighted by Crippen LogP contribution is 2.41. The zero-order valence-corrected chi connectivity index (χ0v) is 16.4. The van der Waals surface area contributed by atoms with Crippen LogP contribution >= 0.6 is 11.8 Å². The summed E-state index contributed by atoms with van der Waals surface area (Å²) in [6.45, 7) is 5.46. The molecule has 2 saturated heterocycles. The SMILES string of the molecule is COc1ccc(N2C(=NC(=O)C(C)(C)C)S[C@@H]3CS(=O)(=O)C[C@@H]32)cc1. The number of benzene rings is 1. The monoisotopic (exact) mass is 382 g/mol. The first-order valence-corrected chi connectivity index (χ1v) is 10.7. The van der Waals surface area contributed by atoms with Gasteiger partial charge in [0.15, 0.2) is 15.0 Å². The summed E-state index contributed by atoms with van der Waals surface area (Å²) in [5, 5.41) is 0.480. The van der Waals surface area contributed by atoms with Gasteiger partial charge < -0.3 is 9.64 Å². The van der Waals surface area contributed by atoms with Crippen molar-refractivity contribution in [3.63, 3.8) is 0 Å². The van der Waals surface area contributed by atoms with Gasteiger partial charge in [0.25, 0.3) is 5.91 Å². The van der Waals surface area contributed by atoms with Gasteiger partial charge in [0.2, 0.25) is 0 Å². The van der Waals surface area contributed by atoms with Gasteiger partial charge in [-0.25, -0.2) is 8.42 Å².